The Kier molecular flexibility index (Phi) is 3.93. The summed E-state index contributed by atoms with van der Waals surface area (Å²) in [5.41, 5.74) is 1.07. The highest BCUT2D eigenvalue weighted by molar-refractivity contribution is 7.91. The summed E-state index contributed by atoms with van der Waals surface area (Å²) in [4.78, 5) is 11.3. The van der Waals surface area contributed by atoms with Crippen LogP contribution in [0.4, 0.5) is 5.69 Å². The van der Waals surface area contributed by atoms with E-state index in [2.05, 4.69) is 5.32 Å². The maximum absolute atomic E-state index is 11.8. The van der Waals surface area contributed by atoms with Crippen LogP contribution in [0.1, 0.15) is 32.3 Å². The number of hydrogen-bond acceptors (Lipinski definition) is 3. The summed E-state index contributed by atoms with van der Waals surface area (Å²) in [7, 11) is -3.37. The first-order valence-electron chi connectivity index (χ1n) is 5.34. The summed E-state index contributed by atoms with van der Waals surface area (Å²) < 4.78 is 23.6. The van der Waals surface area contributed by atoms with E-state index in [0.29, 0.717) is 5.69 Å². The molecule has 0 heterocycles. The van der Waals surface area contributed by atoms with Gasteiger partial charge in [0.05, 0.1) is 10.6 Å². The van der Waals surface area contributed by atoms with Crippen molar-refractivity contribution in [3.63, 3.8) is 0 Å². The quantitative estimate of drug-likeness (QED) is 0.900. The fourth-order valence-corrected chi connectivity index (χ4v) is 2.96. The van der Waals surface area contributed by atoms with Crippen molar-refractivity contribution in [2.75, 3.05) is 11.6 Å². The van der Waals surface area contributed by atoms with Gasteiger partial charge in [0.2, 0.25) is 5.91 Å². The molecule has 0 bridgehead atoms. The van der Waals surface area contributed by atoms with Crippen LogP contribution in [0.25, 0.3) is 0 Å². The Morgan fingerprint density at radius 3 is 2.29 bits per heavy atom. The molecular formula is C12H17NO3S. The number of hydrogen-bond donors (Lipinski definition) is 1. The van der Waals surface area contributed by atoms with E-state index in [-0.39, 0.29) is 16.7 Å². The molecule has 0 fully saturated rings. The number of carbonyl (C=O) groups excluding carboxylic acids is 1. The maximum atomic E-state index is 11.8. The van der Waals surface area contributed by atoms with Gasteiger partial charge in [0.15, 0.2) is 9.84 Å². The predicted octanol–water partition coefficient (Wildman–Crippen LogP) is 2.17. The highest BCUT2D eigenvalue weighted by atomic mass is 32.2. The summed E-state index contributed by atoms with van der Waals surface area (Å²) in [6, 6.07) is 5.12. The van der Waals surface area contributed by atoms with Gasteiger partial charge < -0.3 is 5.32 Å². The van der Waals surface area contributed by atoms with Gasteiger partial charge in [-0.1, -0.05) is 26.0 Å². The molecule has 1 aromatic carbocycles. The smallest absolute Gasteiger partial charge is 0.221 e. The number of sulfone groups is 1. The molecule has 94 valence electrons. The molecule has 0 aromatic heterocycles. The van der Waals surface area contributed by atoms with E-state index in [1.165, 1.54) is 6.92 Å². The van der Waals surface area contributed by atoms with Crippen LogP contribution >= 0.6 is 0 Å². The zero-order chi connectivity index (χ0) is 13.2. The van der Waals surface area contributed by atoms with Crippen LogP contribution in [0.15, 0.2) is 23.1 Å². The Morgan fingerprint density at radius 2 is 1.88 bits per heavy atom. The molecule has 1 amide bonds. The lowest BCUT2D eigenvalue weighted by Gasteiger charge is -2.15. The van der Waals surface area contributed by atoms with Gasteiger partial charge in [-0.15, -0.1) is 0 Å². The Hall–Kier alpha value is -1.36. The molecule has 1 N–H and O–H groups in total. The molecule has 0 saturated heterocycles. The van der Waals surface area contributed by atoms with Crippen LogP contribution in [0.2, 0.25) is 0 Å². The minimum Gasteiger partial charge on any atom is -0.325 e. The molecule has 1 rings (SSSR count). The van der Waals surface area contributed by atoms with Crippen molar-refractivity contribution < 1.29 is 13.2 Å². The molecule has 0 unspecified atom stereocenters. The van der Waals surface area contributed by atoms with E-state index >= 15 is 0 Å². The largest absolute Gasteiger partial charge is 0.325 e. The summed E-state index contributed by atoms with van der Waals surface area (Å²) in [6.07, 6.45) is 1.15. The first kappa shape index (κ1) is 13.7. The average Bonchev–Trinajstić information content (AvgIpc) is 2.14. The Bertz CT molecular complexity index is 533. The molecule has 0 aliphatic heterocycles. The zero-order valence-corrected chi connectivity index (χ0v) is 11.3. The van der Waals surface area contributed by atoms with E-state index < -0.39 is 9.84 Å². The topological polar surface area (TPSA) is 63.2 Å². The Balaban J connectivity index is 3.51. The second-order valence-electron chi connectivity index (χ2n) is 4.33. The molecule has 0 aliphatic rings. The molecule has 17 heavy (non-hydrogen) atoms. The third-order valence-electron chi connectivity index (χ3n) is 2.35. The second-order valence-corrected chi connectivity index (χ2v) is 6.28. The van der Waals surface area contributed by atoms with Gasteiger partial charge in [0.1, 0.15) is 0 Å². The second kappa shape index (κ2) is 4.87. The van der Waals surface area contributed by atoms with Gasteiger partial charge in [-0.3, -0.25) is 4.79 Å². The van der Waals surface area contributed by atoms with Crippen LogP contribution in [0.5, 0.6) is 0 Å². The first-order valence-corrected chi connectivity index (χ1v) is 7.23. The monoisotopic (exact) mass is 255 g/mol. The summed E-state index contributed by atoms with van der Waals surface area (Å²) in [6.45, 7) is 5.19. The normalized spacial score (nSPS) is 11.6. The fraction of sp³-hybridized carbons (Fsp3) is 0.417. The number of anilines is 1. The molecule has 0 atom stereocenters. The van der Waals surface area contributed by atoms with E-state index in [4.69, 9.17) is 0 Å². The molecular weight excluding hydrogens is 238 g/mol. The van der Waals surface area contributed by atoms with E-state index in [0.717, 1.165) is 11.8 Å². The summed E-state index contributed by atoms with van der Waals surface area (Å²) >= 11 is 0. The summed E-state index contributed by atoms with van der Waals surface area (Å²) in [5.74, 6) is -0.204. The number of carbonyl (C=O) groups is 1. The van der Waals surface area contributed by atoms with Crippen LogP contribution in [0.3, 0.4) is 0 Å². The lowest BCUT2D eigenvalue weighted by molar-refractivity contribution is -0.114. The Labute approximate surface area is 102 Å². The number of benzene rings is 1. The Morgan fingerprint density at radius 1 is 1.29 bits per heavy atom. The lowest BCUT2D eigenvalue weighted by Crippen LogP contribution is -2.13. The molecule has 5 heteroatoms. The van der Waals surface area contributed by atoms with Crippen LogP contribution < -0.4 is 5.32 Å². The van der Waals surface area contributed by atoms with Crippen LogP contribution in [-0.2, 0) is 14.6 Å². The van der Waals surface area contributed by atoms with Crippen molar-refractivity contribution in [2.24, 2.45) is 0 Å². The van der Waals surface area contributed by atoms with Crippen LogP contribution in [-0.4, -0.2) is 20.6 Å². The van der Waals surface area contributed by atoms with Gasteiger partial charge >= 0.3 is 0 Å². The minimum atomic E-state index is -3.37. The highest BCUT2D eigenvalue weighted by Gasteiger charge is 2.20. The SMILES string of the molecule is CC(=O)Nc1cccc(C(C)C)c1S(C)(=O)=O. The number of amides is 1. The standard InChI is InChI=1S/C12H17NO3S/c1-8(2)10-6-5-7-11(13-9(3)14)12(10)17(4,15)16/h5-8H,1-4H3,(H,13,14). The van der Waals surface area contributed by atoms with Crippen molar-refractivity contribution in [3.05, 3.63) is 23.8 Å². The van der Waals surface area contributed by atoms with Crippen LogP contribution in [0, 0.1) is 0 Å². The third kappa shape index (κ3) is 3.30. The van der Waals surface area contributed by atoms with Crippen molar-refractivity contribution in [2.45, 2.75) is 31.6 Å². The van der Waals surface area contributed by atoms with Gasteiger partial charge in [0.25, 0.3) is 0 Å². The van der Waals surface area contributed by atoms with E-state index in [1.54, 1.807) is 18.2 Å². The number of nitrogens with one attached hydrogen (secondary N) is 1. The molecule has 0 aliphatic carbocycles. The molecule has 0 radical (unpaired) electrons. The fourth-order valence-electron chi connectivity index (χ4n) is 1.71. The van der Waals surface area contributed by atoms with E-state index in [1.807, 2.05) is 13.8 Å². The van der Waals surface area contributed by atoms with Crippen molar-refractivity contribution in [1.82, 2.24) is 0 Å². The van der Waals surface area contributed by atoms with Crippen molar-refractivity contribution in [1.29, 1.82) is 0 Å². The van der Waals surface area contributed by atoms with Gasteiger partial charge in [-0.25, -0.2) is 8.42 Å². The van der Waals surface area contributed by atoms with Gasteiger partial charge in [-0.05, 0) is 17.5 Å². The average molecular weight is 255 g/mol. The van der Waals surface area contributed by atoms with Gasteiger partial charge in [-0.2, -0.15) is 0 Å². The third-order valence-corrected chi connectivity index (χ3v) is 3.55. The maximum Gasteiger partial charge on any atom is 0.221 e. The van der Waals surface area contributed by atoms with Crippen molar-refractivity contribution in [3.8, 4) is 0 Å². The lowest BCUT2D eigenvalue weighted by atomic mass is 10.0. The minimum absolute atomic E-state index is 0.0773. The zero-order valence-electron chi connectivity index (χ0n) is 10.4. The van der Waals surface area contributed by atoms with Crippen molar-refractivity contribution >= 4 is 21.4 Å². The molecule has 0 saturated carbocycles. The predicted molar refractivity (Wildman–Crippen MR) is 67.9 cm³/mol. The van der Waals surface area contributed by atoms with E-state index in [9.17, 15) is 13.2 Å². The van der Waals surface area contributed by atoms with Gasteiger partial charge in [0, 0.05) is 13.2 Å². The summed E-state index contributed by atoms with van der Waals surface area (Å²) in [5, 5.41) is 2.56. The molecule has 1 aromatic rings. The molecule has 0 spiro atoms. The number of rotatable bonds is 3. The molecule has 4 nitrogen and oxygen atoms in total. The highest BCUT2D eigenvalue weighted by Crippen LogP contribution is 2.30. The first-order chi connectivity index (χ1) is 7.73.